The summed E-state index contributed by atoms with van der Waals surface area (Å²) in [6, 6.07) is 12.1. The van der Waals surface area contributed by atoms with Gasteiger partial charge in [0, 0.05) is 29.5 Å². The maximum absolute atomic E-state index is 14.7. The van der Waals surface area contributed by atoms with Crippen molar-refractivity contribution in [2.24, 2.45) is 5.92 Å². The summed E-state index contributed by atoms with van der Waals surface area (Å²) in [5.41, 5.74) is 4.74. The zero-order valence-electron chi connectivity index (χ0n) is 23.2. The summed E-state index contributed by atoms with van der Waals surface area (Å²) in [5.74, 6) is -0.224. The number of carbonyl (C=O) groups excluding carboxylic acids is 1. The fourth-order valence-electron chi connectivity index (χ4n) is 5.86. The average molecular weight is 583 g/mol. The zero-order valence-corrected chi connectivity index (χ0v) is 24.8. The van der Waals surface area contributed by atoms with Crippen LogP contribution in [0.25, 0.3) is 21.2 Å². The predicted octanol–water partition coefficient (Wildman–Crippen LogP) is 9.13. The van der Waals surface area contributed by atoms with Gasteiger partial charge in [-0.3, -0.25) is 9.78 Å². The summed E-state index contributed by atoms with van der Waals surface area (Å²) < 4.78 is 35.1. The van der Waals surface area contributed by atoms with Crippen LogP contribution in [0, 0.1) is 31.4 Å². The Morgan fingerprint density at radius 1 is 1.02 bits per heavy atom. The molecule has 2 aromatic carbocycles. The first-order chi connectivity index (χ1) is 19.2. The Bertz CT molecular complexity index is 1540. The standard InChI is InChI=1S/C32H33ClF2N2O2S/c1-5-20-6-9-24(10-7-20)37(32(38)31-29(33)28-25(34)11-12-26(35)30(28)40-31)17-23-16-21(8-13-27(23)39-4)22-14-18(2)36-19(3)15-22/h8,11-16,20,24H,5-7,9-10,17H2,1-4H3. The predicted molar refractivity (Wildman–Crippen MR) is 158 cm³/mol. The Morgan fingerprint density at radius 3 is 2.33 bits per heavy atom. The fourth-order valence-corrected chi connectivity index (χ4v) is 7.37. The van der Waals surface area contributed by atoms with E-state index >= 15 is 0 Å². The molecule has 0 atom stereocenters. The molecule has 210 valence electrons. The van der Waals surface area contributed by atoms with E-state index in [0.717, 1.165) is 83.7 Å². The number of rotatable bonds is 7. The highest BCUT2D eigenvalue weighted by molar-refractivity contribution is 7.21. The van der Waals surface area contributed by atoms with E-state index < -0.39 is 11.6 Å². The van der Waals surface area contributed by atoms with E-state index in [1.165, 1.54) is 0 Å². The monoisotopic (exact) mass is 582 g/mol. The van der Waals surface area contributed by atoms with Gasteiger partial charge in [-0.05, 0) is 93.0 Å². The summed E-state index contributed by atoms with van der Waals surface area (Å²) in [6.07, 6.45) is 4.89. The van der Waals surface area contributed by atoms with Gasteiger partial charge in [-0.25, -0.2) is 8.78 Å². The third-order valence-electron chi connectivity index (χ3n) is 8.01. The Balaban J connectivity index is 1.57. The molecule has 2 aromatic heterocycles. The Hall–Kier alpha value is -3.03. The van der Waals surface area contributed by atoms with Crippen molar-refractivity contribution in [3.63, 3.8) is 0 Å². The van der Waals surface area contributed by atoms with E-state index in [1.54, 1.807) is 7.11 Å². The number of thiophene rings is 1. The molecule has 1 fully saturated rings. The van der Waals surface area contributed by atoms with Crippen LogP contribution >= 0.6 is 22.9 Å². The second-order valence-electron chi connectivity index (χ2n) is 10.7. The highest BCUT2D eigenvalue weighted by Crippen LogP contribution is 2.41. The number of nitrogens with zero attached hydrogens (tertiary/aromatic N) is 2. The van der Waals surface area contributed by atoms with Gasteiger partial charge in [0.15, 0.2) is 0 Å². The number of hydrogen-bond donors (Lipinski definition) is 0. The lowest BCUT2D eigenvalue weighted by atomic mass is 9.83. The molecule has 5 rings (SSSR count). The molecule has 2 heterocycles. The van der Waals surface area contributed by atoms with E-state index in [-0.39, 0.29) is 38.5 Å². The molecular weight excluding hydrogens is 550 g/mol. The third kappa shape index (κ3) is 5.59. The molecule has 0 saturated heterocycles. The second kappa shape index (κ2) is 11.8. The maximum atomic E-state index is 14.7. The van der Waals surface area contributed by atoms with Gasteiger partial charge in [-0.2, -0.15) is 0 Å². The molecule has 1 amide bonds. The van der Waals surface area contributed by atoms with Crippen molar-refractivity contribution in [1.29, 1.82) is 0 Å². The molecule has 0 unspecified atom stereocenters. The van der Waals surface area contributed by atoms with Crippen LogP contribution in [-0.4, -0.2) is 28.9 Å². The summed E-state index contributed by atoms with van der Waals surface area (Å²) >= 11 is 7.50. The lowest BCUT2D eigenvalue weighted by molar-refractivity contribution is 0.0591. The summed E-state index contributed by atoms with van der Waals surface area (Å²) in [5, 5.41) is -0.0645. The Kier molecular flexibility index (Phi) is 8.43. The van der Waals surface area contributed by atoms with Crippen molar-refractivity contribution in [1.82, 2.24) is 9.88 Å². The Labute approximate surface area is 242 Å². The van der Waals surface area contributed by atoms with Gasteiger partial charge in [0.05, 0.1) is 22.2 Å². The molecule has 8 heteroatoms. The van der Waals surface area contributed by atoms with E-state index in [2.05, 4.69) is 18.0 Å². The van der Waals surface area contributed by atoms with Gasteiger partial charge in [-0.15, -0.1) is 11.3 Å². The van der Waals surface area contributed by atoms with Gasteiger partial charge >= 0.3 is 0 Å². The van der Waals surface area contributed by atoms with Gasteiger partial charge in [-0.1, -0.05) is 31.0 Å². The van der Waals surface area contributed by atoms with Gasteiger partial charge in [0.25, 0.3) is 5.91 Å². The number of methoxy groups -OCH3 is 1. The number of carbonyl (C=O) groups is 1. The molecule has 1 aliphatic rings. The first kappa shape index (κ1) is 28.5. The number of aromatic nitrogens is 1. The van der Waals surface area contributed by atoms with Crippen LogP contribution in [-0.2, 0) is 6.54 Å². The minimum atomic E-state index is -0.635. The lowest BCUT2D eigenvalue weighted by Crippen LogP contribution is -2.41. The fraction of sp³-hybridized carbons (Fsp3) is 0.375. The van der Waals surface area contributed by atoms with Crippen LogP contribution in [0.2, 0.25) is 5.02 Å². The zero-order chi connectivity index (χ0) is 28.6. The Morgan fingerprint density at radius 2 is 1.70 bits per heavy atom. The van der Waals surface area contributed by atoms with Crippen LogP contribution in [0.1, 0.15) is 65.7 Å². The third-order valence-corrected chi connectivity index (χ3v) is 9.68. The molecule has 40 heavy (non-hydrogen) atoms. The lowest BCUT2D eigenvalue weighted by Gasteiger charge is -2.37. The second-order valence-corrected chi connectivity index (χ2v) is 12.1. The van der Waals surface area contributed by atoms with Crippen LogP contribution in [0.15, 0.2) is 42.5 Å². The summed E-state index contributed by atoms with van der Waals surface area (Å²) in [7, 11) is 1.62. The number of pyridine rings is 1. The van der Waals surface area contributed by atoms with Crippen molar-refractivity contribution >= 4 is 38.9 Å². The first-order valence-electron chi connectivity index (χ1n) is 13.7. The molecule has 1 aliphatic carbocycles. The molecule has 0 bridgehead atoms. The quantitative estimate of drug-likeness (QED) is 0.218. The van der Waals surface area contributed by atoms with E-state index in [0.29, 0.717) is 11.7 Å². The number of benzene rings is 2. The minimum Gasteiger partial charge on any atom is -0.496 e. The van der Waals surface area contributed by atoms with E-state index in [4.69, 9.17) is 16.3 Å². The van der Waals surface area contributed by atoms with Crippen molar-refractivity contribution < 1.29 is 18.3 Å². The molecule has 0 radical (unpaired) electrons. The van der Waals surface area contributed by atoms with Crippen molar-refractivity contribution in [2.75, 3.05) is 7.11 Å². The number of halogens is 3. The molecule has 4 nitrogen and oxygen atoms in total. The SMILES string of the molecule is CCC1CCC(N(Cc2cc(-c3cc(C)nc(C)c3)ccc2OC)C(=O)c2sc3c(F)ccc(F)c3c2Cl)CC1. The number of aryl methyl sites for hydroxylation is 2. The summed E-state index contributed by atoms with van der Waals surface area (Å²) in [6.45, 7) is 6.42. The molecule has 0 aliphatic heterocycles. The molecule has 0 N–H and O–H groups in total. The first-order valence-corrected chi connectivity index (χ1v) is 14.9. The normalized spacial score (nSPS) is 17.3. The number of fused-ring (bicyclic) bond motifs is 1. The number of amides is 1. The van der Waals surface area contributed by atoms with Crippen LogP contribution in [0.3, 0.4) is 0 Å². The van der Waals surface area contributed by atoms with Crippen LogP contribution in [0.5, 0.6) is 5.75 Å². The molecule has 1 saturated carbocycles. The molecule has 0 spiro atoms. The maximum Gasteiger partial charge on any atom is 0.266 e. The van der Waals surface area contributed by atoms with Crippen molar-refractivity contribution in [2.45, 2.75) is 65.5 Å². The van der Waals surface area contributed by atoms with Crippen LogP contribution in [0.4, 0.5) is 8.78 Å². The summed E-state index contributed by atoms with van der Waals surface area (Å²) in [4.78, 5) is 20.7. The number of ether oxygens (including phenoxy) is 1. The van der Waals surface area contributed by atoms with E-state index in [1.807, 2.05) is 43.0 Å². The van der Waals surface area contributed by atoms with Crippen molar-refractivity contribution in [3.8, 4) is 16.9 Å². The van der Waals surface area contributed by atoms with Crippen LogP contribution < -0.4 is 4.74 Å². The highest BCUT2D eigenvalue weighted by Gasteiger charge is 2.33. The molecule has 4 aromatic rings. The van der Waals surface area contributed by atoms with Gasteiger partial charge in [0.2, 0.25) is 0 Å². The smallest absolute Gasteiger partial charge is 0.266 e. The average Bonchev–Trinajstić information content (AvgIpc) is 3.31. The minimum absolute atomic E-state index is 0.0231. The largest absolute Gasteiger partial charge is 0.496 e. The van der Waals surface area contributed by atoms with E-state index in [9.17, 15) is 13.6 Å². The topological polar surface area (TPSA) is 42.4 Å². The van der Waals surface area contributed by atoms with Gasteiger partial charge < -0.3 is 9.64 Å². The van der Waals surface area contributed by atoms with Gasteiger partial charge in [0.1, 0.15) is 22.3 Å². The van der Waals surface area contributed by atoms with Crippen molar-refractivity contribution in [3.05, 3.63) is 81.0 Å². The number of hydrogen-bond acceptors (Lipinski definition) is 4. The highest BCUT2D eigenvalue weighted by atomic mass is 35.5. The molecular formula is C32H33ClF2N2O2S.